The number of nitro groups is 1. The lowest BCUT2D eigenvalue weighted by molar-refractivity contribution is -0.384. The van der Waals surface area contributed by atoms with E-state index in [4.69, 9.17) is 0 Å². The van der Waals surface area contributed by atoms with Crippen LogP contribution in [0.3, 0.4) is 0 Å². The van der Waals surface area contributed by atoms with Crippen LogP contribution in [0.25, 0.3) is 0 Å². The SMILES string of the molecule is CCCNc1ncc([N+](=O)[O-])c(NCC(C)(C)SC)n1. The monoisotopic (exact) mass is 299 g/mol. The van der Waals surface area contributed by atoms with E-state index in [9.17, 15) is 10.1 Å². The van der Waals surface area contributed by atoms with Gasteiger partial charge in [0.25, 0.3) is 0 Å². The Morgan fingerprint density at radius 1 is 1.45 bits per heavy atom. The molecule has 0 aliphatic carbocycles. The third-order valence-electron chi connectivity index (χ3n) is 2.73. The minimum atomic E-state index is -0.474. The lowest BCUT2D eigenvalue weighted by atomic mass is 10.2. The molecular weight excluding hydrogens is 278 g/mol. The standard InChI is InChI=1S/C12H21N5O2S/c1-5-6-13-11-14-7-9(17(18)19)10(16-11)15-8-12(2,3)20-4/h7H,5-6,8H2,1-4H3,(H2,13,14,15,16). The summed E-state index contributed by atoms with van der Waals surface area (Å²) in [5.41, 5.74) is -0.107. The first-order chi connectivity index (χ1) is 9.39. The zero-order chi connectivity index (χ0) is 15.2. The van der Waals surface area contributed by atoms with Gasteiger partial charge in [0.1, 0.15) is 6.20 Å². The average Bonchev–Trinajstić information content (AvgIpc) is 2.42. The summed E-state index contributed by atoms with van der Waals surface area (Å²) < 4.78 is -0.0319. The maximum absolute atomic E-state index is 11.0. The predicted molar refractivity (Wildman–Crippen MR) is 83.6 cm³/mol. The molecule has 1 aromatic rings. The van der Waals surface area contributed by atoms with Crippen LogP contribution in [0.4, 0.5) is 17.5 Å². The van der Waals surface area contributed by atoms with Crippen LogP contribution in [-0.4, -0.2) is 39.0 Å². The quantitative estimate of drug-likeness (QED) is 0.563. The van der Waals surface area contributed by atoms with Gasteiger partial charge in [-0.05, 0) is 26.5 Å². The van der Waals surface area contributed by atoms with E-state index < -0.39 is 4.92 Å². The van der Waals surface area contributed by atoms with Crippen molar-refractivity contribution in [2.75, 3.05) is 30.0 Å². The number of nitrogens with zero attached hydrogens (tertiary/aromatic N) is 3. The Labute approximate surface area is 123 Å². The van der Waals surface area contributed by atoms with Crippen LogP contribution < -0.4 is 10.6 Å². The van der Waals surface area contributed by atoms with Crippen molar-refractivity contribution in [3.05, 3.63) is 16.3 Å². The molecule has 0 spiro atoms. The number of anilines is 2. The number of aromatic nitrogens is 2. The smallest absolute Gasteiger partial charge is 0.329 e. The molecule has 0 atom stereocenters. The Morgan fingerprint density at radius 3 is 2.70 bits per heavy atom. The summed E-state index contributed by atoms with van der Waals surface area (Å²) in [4.78, 5) is 18.7. The molecule has 0 saturated carbocycles. The van der Waals surface area contributed by atoms with Crippen molar-refractivity contribution in [3.63, 3.8) is 0 Å². The second-order valence-electron chi connectivity index (χ2n) is 4.93. The van der Waals surface area contributed by atoms with Crippen molar-refractivity contribution in [2.45, 2.75) is 31.9 Å². The Balaban J connectivity index is 2.91. The van der Waals surface area contributed by atoms with Gasteiger partial charge in [0, 0.05) is 17.8 Å². The average molecular weight is 299 g/mol. The fourth-order valence-corrected chi connectivity index (χ4v) is 1.55. The summed E-state index contributed by atoms with van der Waals surface area (Å²) in [6.07, 6.45) is 4.17. The second kappa shape index (κ2) is 7.28. The molecule has 0 amide bonds. The van der Waals surface area contributed by atoms with E-state index in [-0.39, 0.29) is 16.3 Å². The first-order valence-electron chi connectivity index (χ1n) is 6.44. The third kappa shape index (κ3) is 4.84. The lowest BCUT2D eigenvalue weighted by Gasteiger charge is -2.22. The number of thioether (sulfide) groups is 1. The second-order valence-corrected chi connectivity index (χ2v) is 6.44. The molecule has 0 aromatic carbocycles. The molecule has 2 N–H and O–H groups in total. The first kappa shape index (κ1) is 16.5. The van der Waals surface area contributed by atoms with E-state index in [2.05, 4.69) is 34.4 Å². The molecule has 1 aromatic heterocycles. The van der Waals surface area contributed by atoms with E-state index >= 15 is 0 Å². The lowest BCUT2D eigenvalue weighted by Crippen LogP contribution is -2.26. The Bertz CT molecular complexity index is 467. The zero-order valence-electron chi connectivity index (χ0n) is 12.3. The van der Waals surface area contributed by atoms with Crippen LogP contribution in [0.2, 0.25) is 0 Å². The Morgan fingerprint density at radius 2 is 2.15 bits per heavy atom. The predicted octanol–water partition coefficient (Wildman–Crippen LogP) is 2.76. The van der Waals surface area contributed by atoms with Gasteiger partial charge in [-0.3, -0.25) is 10.1 Å². The summed E-state index contributed by atoms with van der Waals surface area (Å²) in [6, 6.07) is 0. The summed E-state index contributed by atoms with van der Waals surface area (Å²) in [5.74, 6) is 0.660. The van der Waals surface area contributed by atoms with Gasteiger partial charge in [0.05, 0.1) is 4.92 Å². The van der Waals surface area contributed by atoms with E-state index in [1.54, 1.807) is 11.8 Å². The largest absolute Gasteiger partial charge is 0.363 e. The van der Waals surface area contributed by atoms with Crippen molar-refractivity contribution >= 4 is 29.2 Å². The minimum Gasteiger partial charge on any atom is -0.363 e. The van der Waals surface area contributed by atoms with Gasteiger partial charge in [-0.1, -0.05) is 6.92 Å². The highest BCUT2D eigenvalue weighted by atomic mass is 32.2. The van der Waals surface area contributed by atoms with Crippen LogP contribution in [0, 0.1) is 10.1 Å². The molecule has 0 saturated heterocycles. The van der Waals surface area contributed by atoms with E-state index in [0.29, 0.717) is 12.5 Å². The Hall–Kier alpha value is -1.57. The van der Waals surface area contributed by atoms with Crippen LogP contribution in [-0.2, 0) is 0 Å². The molecule has 20 heavy (non-hydrogen) atoms. The van der Waals surface area contributed by atoms with Gasteiger partial charge in [-0.15, -0.1) is 0 Å². The van der Waals surface area contributed by atoms with Crippen molar-refractivity contribution in [1.82, 2.24) is 9.97 Å². The molecule has 1 heterocycles. The fraction of sp³-hybridized carbons (Fsp3) is 0.667. The zero-order valence-corrected chi connectivity index (χ0v) is 13.1. The van der Waals surface area contributed by atoms with Gasteiger partial charge in [-0.25, -0.2) is 4.98 Å². The number of rotatable bonds is 8. The molecule has 8 heteroatoms. The van der Waals surface area contributed by atoms with Crippen molar-refractivity contribution in [2.24, 2.45) is 0 Å². The molecule has 7 nitrogen and oxygen atoms in total. The summed E-state index contributed by atoms with van der Waals surface area (Å²) in [7, 11) is 0. The highest BCUT2D eigenvalue weighted by Crippen LogP contribution is 2.25. The molecule has 112 valence electrons. The summed E-state index contributed by atoms with van der Waals surface area (Å²) >= 11 is 1.69. The molecule has 0 aliphatic heterocycles. The summed E-state index contributed by atoms with van der Waals surface area (Å²) in [6.45, 7) is 7.47. The third-order valence-corrected chi connectivity index (χ3v) is 3.98. The fourth-order valence-electron chi connectivity index (χ4n) is 1.33. The van der Waals surface area contributed by atoms with E-state index in [0.717, 1.165) is 13.0 Å². The van der Waals surface area contributed by atoms with Crippen LogP contribution >= 0.6 is 11.8 Å². The van der Waals surface area contributed by atoms with Crippen molar-refractivity contribution in [1.29, 1.82) is 0 Å². The minimum absolute atomic E-state index is 0.0319. The van der Waals surface area contributed by atoms with Crippen LogP contribution in [0.5, 0.6) is 0 Å². The topological polar surface area (TPSA) is 93.0 Å². The Kier molecular flexibility index (Phi) is 6.00. The van der Waals surface area contributed by atoms with Gasteiger partial charge >= 0.3 is 5.69 Å². The number of hydrogen-bond donors (Lipinski definition) is 2. The molecular formula is C12H21N5O2S. The molecule has 1 rings (SSSR count). The maximum Gasteiger partial charge on any atom is 0.329 e. The van der Waals surface area contributed by atoms with Crippen LogP contribution in [0.15, 0.2) is 6.20 Å². The van der Waals surface area contributed by atoms with Crippen LogP contribution in [0.1, 0.15) is 27.2 Å². The van der Waals surface area contributed by atoms with E-state index in [1.165, 1.54) is 6.20 Å². The molecule has 0 aliphatic rings. The van der Waals surface area contributed by atoms with Gasteiger partial charge < -0.3 is 10.6 Å². The normalized spacial score (nSPS) is 11.2. The number of nitrogens with one attached hydrogen (secondary N) is 2. The molecule has 0 unspecified atom stereocenters. The van der Waals surface area contributed by atoms with Gasteiger partial charge in [0.2, 0.25) is 11.8 Å². The summed E-state index contributed by atoms with van der Waals surface area (Å²) in [5, 5.41) is 17.1. The molecule has 0 fully saturated rings. The van der Waals surface area contributed by atoms with Crippen molar-refractivity contribution < 1.29 is 4.92 Å². The van der Waals surface area contributed by atoms with Gasteiger partial charge in [0.15, 0.2) is 0 Å². The molecule has 0 bridgehead atoms. The van der Waals surface area contributed by atoms with Gasteiger partial charge in [-0.2, -0.15) is 16.7 Å². The highest BCUT2D eigenvalue weighted by molar-refractivity contribution is 7.99. The maximum atomic E-state index is 11.0. The first-order valence-corrected chi connectivity index (χ1v) is 7.66. The van der Waals surface area contributed by atoms with Crippen molar-refractivity contribution in [3.8, 4) is 0 Å². The number of hydrogen-bond acceptors (Lipinski definition) is 7. The molecule has 0 radical (unpaired) electrons. The van der Waals surface area contributed by atoms with E-state index in [1.807, 2.05) is 13.2 Å². The highest BCUT2D eigenvalue weighted by Gasteiger charge is 2.21.